The average Bonchev–Trinajstić information content (AvgIpc) is 2.90. The summed E-state index contributed by atoms with van der Waals surface area (Å²) in [7, 11) is 0. The maximum atomic E-state index is 13.2. The van der Waals surface area contributed by atoms with E-state index in [0.717, 1.165) is 70.3 Å². The number of nitrogens with one attached hydrogen (secondary N) is 1. The quantitative estimate of drug-likeness (QED) is 0.720. The lowest BCUT2D eigenvalue weighted by Crippen LogP contribution is -2.36. The molecule has 28 heavy (non-hydrogen) atoms. The van der Waals surface area contributed by atoms with Crippen LogP contribution in [0.3, 0.4) is 0 Å². The van der Waals surface area contributed by atoms with Gasteiger partial charge < -0.3 is 14.8 Å². The van der Waals surface area contributed by atoms with Crippen LogP contribution in [0.25, 0.3) is 0 Å². The van der Waals surface area contributed by atoms with Gasteiger partial charge in [0.1, 0.15) is 5.69 Å². The van der Waals surface area contributed by atoms with Gasteiger partial charge in [0, 0.05) is 25.7 Å². The molecule has 0 spiro atoms. The van der Waals surface area contributed by atoms with Gasteiger partial charge in [0.25, 0.3) is 11.8 Å². The number of aromatic nitrogens is 2. The lowest BCUT2D eigenvalue weighted by molar-refractivity contribution is 0.0748. The third-order valence-electron chi connectivity index (χ3n) is 5.99. The fourth-order valence-electron chi connectivity index (χ4n) is 4.57. The molecule has 1 aliphatic carbocycles. The van der Waals surface area contributed by atoms with E-state index in [9.17, 15) is 9.59 Å². The molecular formula is C22H36N4O2. The Kier molecular flexibility index (Phi) is 7.51. The summed E-state index contributed by atoms with van der Waals surface area (Å²) in [5, 5.41) is 3.21. The molecule has 1 fully saturated rings. The summed E-state index contributed by atoms with van der Waals surface area (Å²) >= 11 is 0. The summed E-state index contributed by atoms with van der Waals surface area (Å²) in [6, 6.07) is 0.238. The van der Waals surface area contributed by atoms with Crippen molar-refractivity contribution in [2.24, 2.45) is 0 Å². The van der Waals surface area contributed by atoms with Crippen LogP contribution in [0, 0.1) is 0 Å². The van der Waals surface area contributed by atoms with E-state index in [0.29, 0.717) is 11.5 Å². The molecule has 0 radical (unpaired) electrons. The van der Waals surface area contributed by atoms with Gasteiger partial charge in [0.2, 0.25) is 0 Å². The van der Waals surface area contributed by atoms with Crippen LogP contribution >= 0.6 is 0 Å². The molecule has 1 N–H and O–H groups in total. The van der Waals surface area contributed by atoms with E-state index in [-0.39, 0.29) is 17.9 Å². The molecule has 2 amide bonds. The van der Waals surface area contributed by atoms with Crippen LogP contribution in [0.15, 0.2) is 0 Å². The molecule has 6 nitrogen and oxygen atoms in total. The summed E-state index contributed by atoms with van der Waals surface area (Å²) in [5.74, 6) is 0.324. The maximum absolute atomic E-state index is 13.2. The number of hydrogen-bond donors (Lipinski definition) is 1. The van der Waals surface area contributed by atoms with Crippen molar-refractivity contribution in [3.05, 3.63) is 17.2 Å². The molecule has 2 aliphatic rings. The molecule has 1 aromatic heterocycles. The summed E-state index contributed by atoms with van der Waals surface area (Å²) in [4.78, 5) is 32.7. The third kappa shape index (κ3) is 4.76. The molecule has 0 atom stereocenters. The number of nitrogens with zero attached hydrogens (tertiary/aromatic N) is 3. The molecule has 0 saturated heterocycles. The van der Waals surface area contributed by atoms with Gasteiger partial charge in [-0.25, -0.2) is 4.98 Å². The van der Waals surface area contributed by atoms with Crippen molar-refractivity contribution in [3.8, 4) is 0 Å². The molecule has 0 bridgehead atoms. The topological polar surface area (TPSA) is 67.2 Å². The second-order valence-electron chi connectivity index (χ2n) is 8.29. The van der Waals surface area contributed by atoms with E-state index >= 15 is 0 Å². The number of hydrogen-bond acceptors (Lipinski definition) is 3. The minimum atomic E-state index is -0.105. The average molecular weight is 389 g/mol. The van der Waals surface area contributed by atoms with Gasteiger partial charge in [-0.05, 0) is 44.9 Å². The fourth-order valence-corrected chi connectivity index (χ4v) is 4.57. The van der Waals surface area contributed by atoms with Gasteiger partial charge in [-0.3, -0.25) is 9.59 Å². The second kappa shape index (κ2) is 10.1. The lowest BCUT2D eigenvalue weighted by Gasteiger charge is -2.22. The maximum Gasteiger partial charge on any atom is 0.287 e. The van der Waals surface area contributed by atoms with Crippen molar-refractivity contribution in [3.63, 3.8) is 0 Å². The molecule has 0 aromatic carbocycles. The van der Waals surface area contributed by atoms with E-state index < -0.39 is 0 Å². The highest BCUT2D eigenvalue weighted by Gasteiger charge is 2.30. The minimum Gasteiger partial charge on any atom is -0.347 e. The van der Waals surface area contributed by atoms with E-state index in [4.69, 9.17) is 0 Å². The Balaban J connectivity index is 1.83. The van der Waals surface area contributed by atoms with Gasteiger partial charge in [-0.15, -0.1) is 0 Å². The van der Waals surface area contributed by atoms with Crippen molar-refractivity contribution < 1.29 is 9.59 Å². The molecule has 1 saturated carbocycles. The van der Waals surface area contributed by atoms with Crippen LogP contribution in [-0.2, 0) is 13.0 Å². The first-order valence-corrected chi connectivity index (χ1v) is 11.3. The molecule has 1 aliphatic heterocycles. The van der Waals surface area contributed by atoms with Crippen LogP contribution in [0.4, 0.5) is 0 Å². The molecule has 1 aromatic rings. The zero-order chi connectivity index (χ0) is 19.9. The Morgan fingerprint density at radius 2 is 1.71 bits per heavy atom. The van der Waals surface area contributed by atoms with Gasteiger partial charge in [0.05, 0.1) is 5.69 Å². The Hall–Kier alpha value is -1.85. The fraction of sp³-hybridized carbons (Fsp3) is 0.773. The van der Waals surface area contributed by atoms with Gasteiger partial charge in [-0.1, -0.05) is 39.5 Å². The van der Waals surface area contributed by atoms with Gasteiger partial charge in [0.15, 0.2) is 5.82 Å². The summed E-state index contributed by atoms with van der Waals surface area (Å²) in [6.07, 6.45) is 11.7. The largest absolute Gasteiger partial charge is 0.347 e. The third-order valence-corrected chi connectivity index (χ3v) is 5.99. The van der Waals surface area contributed by atoms with E-state index in [1.54, 1.807) is 0 Å². The number of carbonyl (C=O) groups is 2. The van der Waals surface area contributed by atoms with E-state index in [2.05, 4.69) is 24.1 Å². The Bertz CT molecular complexity index is 668. The van der Waals surface area contributed by atoms with Crippen molar-refractivity contribution in [2.75, 3.05) is 13.1 Å². The van der Waals surface area contributed by atoms with Crippen LogP contribution in [0.5, 0.6) is 0 Å². The van der Waals surface area contributed by atoms with Crippen LogP contribution < -0.4 is 5.32 Å². The smallest absolute Gasteiger partial charge is 0.287 e. The molecule has 6 heteroatoms. The van der Waals surface area contributed by atoms with Crippen molar-refractivity contribution in [2.45, 2.75) is 97.1 Å². The first kappa shape index (κ1) is 20.9. The lowest BCUT2D eigenvalue weighted by atomic mass is 10.1. The van der Waals surface area contributed by atoms with Crippen LogP contribution in [0.1, 0.15) is 105 Å². The first-order valence-electron chi connectivity index (χ1n) is 11.3. The van der Waals surface area contributed by atoms with E-state index in [1.807, 2.05) is 9.47 Å². The number of amides is 2. The van der Waals surface area contributed by atoms with Gasteiger partial charge in [-0.2, -0.15) is 0 Å². The zero-order valence-corrected chi connectivity index (χ0v) is 17.6. The van der Waals surface area contributed by atoms with Crippen LogP contribution in [0.2, 0.25) is 0 Å². The number of rotatable bonds is 7. The summed E-state index contributed by atoms with van der Waals surface area (Å²) < 4.78 is 2.01. The summed E-state index contributed by atoms with van der Waals surface area (Å²) in [5.41, 5.74) is 1.46. The minimum absolute atomic E-state index is 0.0112. The van der Waals surface area contributed by atoms with Crippen molar-refractivity contribution in [1.82, 2.24) is 19.8 Å². The molecule has 0 unspecified atom stereocenters. The Labute approximate surface area is 169 Å². The van der Waals surface area contributed by atoms with Crippen molar-refractivity contribution >= 4 is 11.8 Å². The predicted molar refractivity (Wildman–Crippen MR) is 111 cm³/mol. The zero-order valence-electron chi connectivity index (χ0n) is 17.6. The van der Waals surface area contributed by atoms with Gasteiger partial charge >= 0.3 is 0 Å². The molecular weight excluding hydrogens is 352 g/mol. The highest BCUT2D eigenvalue weighted by molar-refractivity contribution is 5.97. The van der Waals surface area contributed by atoms with Crippen molar-refractivity contribution in [1.29, 1.82) is 0 Å². The predicted octanol–water partition coefficient (Wildman–Crippen LogP) is 3.93. The first-order chi connectivity index (χ1) is 13.7. The van der Waals surface area contributed by atoms with E-state index in [1.165, 1.54) is 25.7 Å². The number of fused-ring (bicyclic) bond motifs is 1. The molecule has 156 valence electrons. The monoisotopic (exact) mass is 388 g/mol. The normalized spacial score (nSPS) is 17.6. The second-order valence-corrected chi connectivity index (χ2v) is 8.29. The Morgan fingerprint density at radius 3 is 2.36 bits per heavy atom. The van der Waals surface area contributed by atoms with Crippen LogP contribution in [-0.4, -0.2) is 45.4 Å². The Morgan fingerprint density at radius 1 is 1.04 bits per heavy atom. The molecule has 3 rings (SSSR count). The highest BCUT2D eigenvalue weighted by Crippen LogP contribution is 2.23. The standard InChI is InChI=1S/C22H36N4O2/c1-3-14-25(15-4-2)22(28)19-18-13-9-10-16-26(18)20(24-19)21(27)23-17-11-7-5-6-8-12-17/h17H,3-16H2,1-2H3,(H,23,27). The SMILES string of the molecule is CCCN(CCC)C(=O)c1nc(C(=O)NC2CCCCCC2)n2c1CCCC2. The number of imidazole rings is 1. The number of carbonyl (C=O) groups excluding carboxylic acids is 2. The summed E-state index contributed by atoms with van der Waals surface area (Å²) in [6.45, 7) is 6.43. The highest BCUT2D eigenvalue weighted by atomic mass is 16.2. The molecule has 2 heterocycles.